The second kappa shape index (κ2) is 10.3. The van der Waals surface area contributed by atoms with Crippen LogP contribution in [0.5, 0.6) is 0 Å². The Labute approximate surface area is 187 Å². The number of rotatable bonds is 8. The summed E-state index contributed by atoms with van der Waals surface area (Å²) in [6, 6.07) is 19.4. The molecule has 0 atom stereocenters. The van der Waals surface area contributed by atoms with E-state index in [1.54, 1.807) is 12.1 Å². The highest BCUT2D eigenvalue weighted by Gasteiger charge is 2.27. The molecule has 0 unspecified atom stereocenters. The van der Waals surface area contributed by atoms with E-state index in [1.807, 2.05) is 38.1 Å². The fourth-order valence-electron chi connectivity index (χ4n) is 2.91. The lowest BCUT2D eigenvalue weighted by Gasteiger charge is -2.21. The highest BCUT2D eigenvalue weighted by atomic mass is 32.2. The zero-order chi connectivity index (χ0) is 23.1. The predicted octanol–water partition coefficient (Wildman–Crippen LogP) is 3.78. The fourth-order valence-corrected chi connectivity index (χ4v) is 4.29. The first-order valence-corrected chi connectivity index (χ1v) is 11.4. The van der Waals surface area contributed by atoms with Crippen LogP contribution in [0.1, 0.15) is 22.3 Å². The molecule has 8 heteroatoms. The molecule has 0 aliphatic rings. The van der Waals surface area contributed by atoms with Crippen LogP contribution >= 0.6 is 0 Å². The van der Waals surface area contributed by atoms with Gasteiger partial charge in [-0.1, -0.05) is 59.7 Å². The van der Waals surface area contributed by atoms with Gasteiger partial charge in [0.05, 0.1) is 17.7 Å². The Morgan fingerprint density at radius 1 is 0.938 bits per heavy atom. The Bertz CT molecular complexity index is 1190. The topological polar surface area (TPSA) is 78.8 Å². The standard InChI is InChI=1S/C24H24FN3O3S/c1-18-3-7-20(8-4-18)15-26-27-24(29)17-28(16-21-9-11-22(25)12-10-21)32(30,31)23-13-5-19(2)6-14-23/h3-15H,16-17H2,1-2H3,(H,27,29)/b26-15-. The molecule has 0 fully saturated rings. The van der Waals surface area contributed by atoms with Crippen molar-refractivity contribution in [3.63, 3.8) is 0 Å². The van der Waals surface area contributed by atoms with Crippen molar-refractivity contribution in [3.05, 3.63) is 101 Å². The molecule has 0 radical (unpaired) electrons. The van der Waals surface area contributed by atoms with Crippen LogP contribution in [-0.2, 0) is 21.4 Å². The van der Waals surface area contributed by atoms with Gasteiger partial charge in [-0.05, 0) is 49.2 Å². The van der Waals surface area contributed by atoms with E-state index in [1.165, 1.54) is 42.6 Å². The van der Waals surface area contributed by atoms with Crippen molar-refractivity contribution in [3.8, 4) is 0 Å². The van der Waals surface area contributed by atoms with Crippen molar-refractivity contribution in [2.45, 2.75) is 25.3 Å². The molecule has 1 amide bonds. The second-order valence-electron chi connectivity index (χ2n) is 7.42. The summed E-state index contributed by atoms with van der Waals surface area (Å²) in [5, 5.41) is 3.91. The molecule has 6 nitrogen and oxygen atoms in total. The normalized spacial score (nSPS) is 11.8. The molecule has 0 aliphatic carbocycles. The van der Waals surface area contributed by atoms with Crippen LogP contribution in [0.15, 0.2) is 82.8 Å². The largest absolute Gasteiger partial charge is 0.272 e. The highest BCUT2D eigenvalue weighted by molar-refractivity contribution is 7.89. The third-order valence-electron chi connectivity index (χ3n) is 4.73. The average molecular weight is 454 g/mol. The number of amides is 1. The minimum atomic E-state index is -3.98. The number of nitrogens with one attached hydrogen (secondary N) is 1. The lowest BCUT2D eigenvalue weighted by molar-refractivity contribution is -0.121. The predicted molar refractivity (Wildman–Crippen MR) is 122 cm³/mol. The zero-order valence-corrected chi connectivity index (χ0v) is 18.6. The van der Waals surface area contributed by atoms with Crippen molar-refractivity contribution < 1.29 is 17.6 Å². The van der Waals surface area contributed by atoms with Gasteiger partial charge in [-0.2, -0.15) is 9.41 Å². The highest BCUT2D eigenvalue weighted by Crippen LogP contribution is 2.19. The number of hydrazone groups is 1. The smallest absolute Gasteiger partial charge is 0.255 e. The number of aryl methyl sites for hydroxylation is 2. The van der Waals surface area contributed by atoms with Gasteiger partial charge in [0, 0.05) is 6.54 Å². The maximum Gasteiger partial charge on any atom is 0.255 e. The van der Waals surface area contributed by atoms with E-state index in [4.69, 9.17) is 0 Å². The van der Waals surface area contributed by atoms with E-state index in [2.05, 4.69) is 10.5 Å². The van der Waals surface area contributed by atoms with E-state index < -0.39 is 28.3 Å². The van der Waals surface area contributed by atoms with Gasteiger partial charge in [-0.15, -0.1) is 0 Å². The van der Waals surface area contributed by atoms with Crippen LogP contribution in [0.2, 0.25) is 0 Å². The molecule has 0 saturated carbocycles. The first-order chi connectivity index (χ1) is 15.2. The fraction of sp³-hybridized carbons (Fsp3) is 0.167. The zero-order valence-electron chi connectivity index (χ0n) is 17.8. The van der Waals surface area contributed by atoms with Crippen LogP contribution in [0.25, 0.3) is 0 Å². The van der Waals surface area contributed by atoms with Crippen LogP contribution in [-0.4, -0.2) is 31.4 Å². The molecule has 3 rings (SSSR count). The SMILES string of the molecule is Cc1ccc(/C=N\NC(=O)CN(Cc2ccc(F)cc2)S(=O)(=O)c2ccc(C)cc2)cc1. The van der Waals surface area contributed by atoms with Gasteiger partial charge >= 0.3 is 0 Å². The van der Waals surface area contributed by atoms with Crippen LogP contribution in [0, 0.1) is 19.7 Å². The van der Waals surface area contributed by atoms with E-state index in [0.717, 1.165) is 21.0 Å². The number of hydrogen-bond donors (Lipinski definition) is 1. The molecular formula is C24H24FN3O3S. The molecule has 3 aromatic rings. The van der Waals surface area contributed by atoms with Gasteiger partial charge in [0.1, 0.15) is 5.82 Å². The molecule has 3 aromatic carbocycles. The maximum absolute atomic E-state index is 13.3. The first-order valence-electron chi connectivity index (χ1n) is 9.94. The summed E-state index contributed by atoms with van der Waals surface area (Å²) in [7, 11) is -3.98. The summed E-state index contributed by atoms with van der Waals surface area (Å²) >= 11 is 0. The summed E-state index contributed by atoms with van der Waals surface area (Å²) in [5.41, 5.74) is 5.73. The molecule has 0 spiro atoms. The lowest BCUT2D eigenvalue weighted by Crippen LogP contribution is -2.39. The number of carbonyl (C=O) groups is 1. The number of nitrogens with zero attached hydrogens (tertiary/aromatic N) is 2. The van der Waals surface area contributed by atoms with Crippen molar-refractivity contribution >= 4 is 22.1 Å². The number of hydrogen-bond acceptors (Lipinski definition) is 4. The van der Waals surface area contributed by atoms with E-state index in [-0.39, 0.29) is 11.4 Å². The minimum Gasteiger partial charge on any atom is -0.272 e. The monoisotopic (exact) mass is 453 g/mol. The summed E-state index contributed by atoms with van der Waals surface area (Å²) < 4.78 is 40.7. The Balaban J connectivity index is 1.78. The summed E-state index contributed by atoms with van der Waals surface area (Å²) in [6.45, 7) is 3.28. The average Bonchev–Trinajstić information content (AvgIpc) is 2.76. The Hall–Kier alpha value is -3.36. The van der Waals surface area contributed by atoms with Crippen molar-refractivity contribution in [1.29, 1.82) is 0 Å². The number of halogens is 1. The van der Waals surface area contributed by atoms with Crippen LogP contribution in [0.3, 0.4) is 0 Å². The van der Waals surface area contributed by atoms with Crippen LogP contribution in [0.4, 0.5) is 4.39 Å². The molecule has 32 heavy (non-hydrogen) atoms. The molecule has 0 aliphatic heterocycles. The summed E-state index contributed by atoms with van der Waals surface area (Å²) in [5.74, 6) is -1.02. The second-order valence-corrected chi connectivity index (χ2v) is 9.35. The lowest BCUT2D eigenvalue weighted by atomic mass is 10.2. The Morgan fingerprint density at radius 3 is 2.09 bits per heavy atom. The molecule has 1 N–H and O–H groups in total. The van der Waals surface area contributed by atoms with Gasteiger partial charge in [0.15, 0.2) is 0 Å². The number of carbonyl (C=O) groups excluding carboxylic acids is 1. The van der Waals surface area contributed by atoms with Crippen molar-refractivity contribution in [2.75, 3.05) is 6.54 Å². The number of benzene rings is 3. The van der Waals surface area contributed by atoms with E-state index in [0.29, 0.717) is 5.56 Å². The maximum atomic E-state index is 13.3. The van der Waals surface area contributed by atoms with Crippen LogP contribution < -0.4 is 5.43 Å². The number of sulfonamides is 1. The summed E-state index contributed by atoms with van der Waals surface area (Å²) in [4.78, 5) is 12.6. The van der Waals surface area contributed by atoms with Gasteiger partial charge in [0.2, 0.25) is 10.0 Å². The molecule has 0 saturated heterocycles. The molecule has 0 aromatic heterocycles. The van der Waals surface area contributed by atoms with Gasteiger partial charge in [0.25, 0.3) is 5.91 Å². The molecular weight excluding hydrogens is 429 g/mol. The third kappa shape index (κ3) is 6.32. The molecule has 0 heterocycles. The van der Waals surface area contributed by atoms with Gasteiger partial charge < -0.3 is 0 Å². The van der Waals surface area contributed by atoms with E-state index >= 15 is 0 Å². The van der Waals surface area contributed by atoms with Crippen molar-refractivity contribution in [1.82, 2.24) is 9.73 Å². The van der Waals surface area contributed by atoms with E-state index in [9.17, 15) is 17.6 Å². The third-order valence-corrected chi connectivity index (χ3v) is 6.54. The molecule has 166 valence electrons. The van der Waals surface area contributed by atoms with Crippen molar-refractivity contribution in [2.24, 2.45) is 5.10 Å². The Kier molecular flexibility index (Phi) is 7.50. The molecule has 0 bridgehead atoms. The summed E-state index contributed by atoms with van der Waals surface area (Å²) in [6.07, 6.45) is 1.48. The Morgan fingerprint density at radius 2 is 1.50 bits per heavy atom. The van der Waals surface area contributed by atoms with Gasteiger partial charge in [-0.3, -0.25) is 4.79 Å². The quantitative estimate of drug-likeness (QED) is 0.416. The first kappa shape index (κ1) is 23.3. The van der Waals surface area contributed by atoms with Gasteiger partial charge in [-0.25, -0.2) is 18.2 Å². The minimum absolute atomic E-state index is 0.0705.